The second-order valence-corrected chi connectivity index (χ2v) is 5.40. The van der Waals surface area contributed by atoms with Gasteiger partial charge in [0, 0.05) is 19.4 Å². The van der Waals surface area contributed by atoms with Gasteiger partial charge in [-0.15, -0.1) is 0 Å². The summed E-state index contributed by atoms with van der Waals surface area (Å²) in [4.78, 5) is 37.6. The predicted octanol–water partition coefficient (Wildman–Crippen LogP) is 2.00. The molecule has 3 rings (SSSR count). The number of imide groups is 2. The molecule has 0 spiro atoms. The average molecular weight is 309 g/mol. The summed E-state index contributed by atoms with van der Waals surface area (Å²) in [5, 5.41) is 2.20. The number of aromatic nitrogens is 1. The lowest BCUT2D eigenvalue weighted by atomic mass is 10.1. The Balaban J connectivity index is 2.00. The van der Waals surface area contributed by atoms with Crippen LogP contribution in [0.4, 0.5) is 10.5 Å². The molecule has 1 aliphatic heterocycles. The minimum Gasteiger partial charge on any atom is -0.357 e. The van der Waals surface area contributed by atoms with Gasteiger partial charge in [0.25, 0.3) is 11.8 Å². The monoisotopic (exact) mass is 309 g/mol. The van der Waals surface area contributed by atoms with E-state index in [-0.39, 0.29) is 5.57 Å². The average Bonchev–Trinajstić information content (AvgIpc) is 2.91. The highest BCUT2D eigenvalue weighted by Gasteiger charge is 2.36. The molecule has 1 N–H and O–H groups in total. The molecule has 2 heterocycles. The third-order valence-electron chi connectivity index (χ3n) is 3.56. The highest BCUT2D eigenvalue weighted by molar-refractivity contribution is 6.39. The Kier molecular flexibility index (Phi) is 3.57. The third-order valence-corrected chi connectivity index (χ3v) is 3.56. The van der Waals surface area contributed by atoms with E-state index in [0.29, 0.717) is 11.3 Å². The van der Waals surface area contributed by atoms with Crippen LogP contribution in [0.1, 0.15) is 11.1 Å². The van der Waals surface area contributed by atoms with Gasteiger partial charge in [0.1, 0.15) is 5.57 Å². The van der Waals surface area contributed by atoms with Crippen LogP contribution in [0.3, 0.4) is 0 Å². The number of barbiturate groups is 1. The topological polar surface area (TPSA) is 71.4 Å². The fraction of sp³-hybridized carbons (Fsp3) is 0.118. The van der Waals surface area contributed by atoms with Gasteiger partial charge in [0.15, 0.2) is 0 Å². The Morgan fingerprint density at radius 3 is 2.35 bits per heavy atom. The van der Waals surface area contributed by atoms with Crippen LogP contribution in [0.15, 0.2) is 48.3 Å². The smallest absolute Gasteiger partial charge is 0.335 e. The van der Waals surface area contributed by atoms with Crippen LogP contribution >= 0.6 is 0 Å². The van der Waals surface area contributed by atoms with Gasteiger partial charge in [-0.05, 0) is 36.8 Å². The van der Waals surface area contributed by atoms with E-state index in [0.717, 1.165) is 10.5 Å². The van der Waals surface area contributed by atoms with Gasteiger partial charge in [-0.2, -0.15) is 0 Å². The largest absolute Gasteiger partial charge is 0.357 e. The quantitative estimate of drug-likeness (QED) is 0.681. The fourth-order valence-electron chi connectivity index (χ4n) is 2.36. The van der Waals surface area contributed by atoms with Gasteiger partial charge in [-0.1, -0.05) is 17.7 Å². The van der Waals surface area contributed by atoms with Gasteiger partial charge in [0.2, 0.25) is 0 Å². The van der Waals surface area contributed by atoms with Crippen LogP contribution in [0, 0.1) is 6.92 Å². The Labute approximate surface area is 133 Å². The van der Waals surface area contributed by atoms with Gasteiger partial charge in [-0.3, -0.25) is 14.9 Å². The summed E-state index contributed by atoms with van der Waals surface area (Å²) < 4.78 is 1.81. The molecular weight excluding hydrogens is 294 g/mol. The number of nitrogens with one attached hydrogen (secondary N) is 1. The molecule has 1 aromatic carbocycles. The highest BCUT2D eigenvalue weighted by atomic mass is 16.2. The normalized spacial score (nSPS) is 16.9. The number of benzene rings is 1. The van der Waals surface area contributed by atoms with E-state index in [1.807, 2.05) is 14.0 Å². The molecule has 0 atom stereocenters. The van der Waals surface area contributed by atoms with Gasteiger partial charge in [0.05, 0.1) is 5.69 Å². The lowest BCUT2D eigenvalue weighted by Crippen LogP contribution is -2.54. The molecule has 0 unspecified atom stereocenters. The number of carbonyl (C=O) groups excluding carboxylic acids is 3. The molecule has 0 radical (unpaired) electrons. The second kappa shape index (κ2) is 5.57. The number of urea groups is 1. The zero-order valence-electron chi connectivity index (χ0n) is 12.7. The van der Waals surface area contributed by atoms with Crippen LogP contribution in [0.25, 0.3) is 6.08 Å². The fourth-order valence-corrected chi connectivity index (χ4v) is 2.36. The Bertz CT molecular complexity index is 831. The Hall–Kier alpha value is -3.15. The third kappa shape index (κ3) is 2.78. The molecule has 1 aromatic heterocycles. The molecule has 4 amide bonds. The van der Waals surface area contributed by atoms with Crippen LogP contribution in [-0.4, -0.2) is 22.4 Å². The SMILES string of the molecule is Cc1ccc(N2C(=O)NC(=O)/C(=C/c3ccn(C)c3)C2=O)cc1. The van der Waals surface area contributed by atoms with E-state index < -0.39 is 17.8 Å². The number of hydrogen-bond acceptors (Lipinski definition) is 3. The second-order valence-electron chi connectivity index (χ2n) is 5.40. The molecule has 0 bridgehead atoms. The maximum Gasteiger partial charge on any atom is 0.335 e. The summed E-state index contributed by atoms with van der Waals surface area (Å²) in [6, 6.07) is 7.97. The number of nitrogens with zero attached hydrogens (tertiary/aromatic N) is 2. The van der Waals surface area contributed by atoms with Crippen molar-refractivity contribution < 1.29 is 14.4 Å². The van der Waals surface area contributed by atoms with E-state index in [4.69, 9.17) is 0 Å². The van der Waals surface area contributed by atoms with Crippen molar-refractivity contribution >= 4 is 29.6 Å². The summed E-state index contributed by atoms with van der Waals surface area (Å²) in [6.07, 6.45) is 5.06. The standard InChI is InChI=1S/C17H15N3O3/c1-11-3-5-13(6-4-11)20-16(22)14(15(21)18-17(20)23)9-12-7-8-19(2)10-12/h3-10H,1-2H3,(H,18,21,23)/b14-9-. The number of anilines is 1. The van der Waals surface area contributed by atoms with Crippen LogP contribution < -0.4 is 10.2 Å². The van der Waals surface area contributed by atoms with Crippen LogP contribution in [0.5, 0.6) is 0 Å². The van der Waals surface area contributed by atoms with E-state index in [1.165, 1.54) is 6.08 Å². The lowest BCUT2D eigenvalue weighted by molar-refractivity contribution is -0.122. The molecule has 2 aromatic rings. The first-order valence-corrected chi connectivity index (χ1v) is 7.06. The van der Waals surface area contributed by atoms with Crippen molar-refractivity contribution in [3.63, 3.8) is 0 Å². The molecule has 1 aliphatic rings. The van der Waals surface area contributed by atoms with Crippen LogP contribution in [0.2, 0.25) is 0 Å². The molecule has 0 saturated carbocycles. The summed E-state index contributed by atoms with van der Waals surface area (Å²) >= 11 is 0. The molecule has 0 aliphatic carbocycles. The summed E-state index contributed by atoms with van der Waals surface area (Å²) in [5.41, 5.74) is 2.07. The van der Waals surface area contributed by atoms with Crippen molar-refractivity contribution in [3.8, 4) is 0 Å². The van der Waals surface area contributed by atoms with Gasteiger partial charge < -0.3 is 4.57 Å². The maximum atomic E-state index is 12.6. The van der Waals surface area contributed by atoms with E-state index in [9.17, 15) is 14.4 Å². The van der Waals surface area contributed by atoms with E-state index in [2.05, 4.69) is 5.32 Å². The zero-order chi connectivity index (χ0) is 16.6. The Morgan fingerprint density at radius 2 is 1.74 bits per heavy atom. The predicted molar refractivity (Wildman–Crippen MR) is 85.6 cm³/mol. The molecule has 1 saturated heterocycles. The van der Waals surface area contributed by atoms with Crippen molar-refractivity contribution in [3.05, 3.63) is 59.4 Å². The molecule has 1 fully saturated rings. The number of aryl methyl sites for hydroxylation is 2. The van der Waals surface area contributed by atoms with Crippen molar-refractivity contribution in [1.82, 2.24) is 9.88 Å². The molecular formula is C17H15N3O3. The van der Waals surface area contributed by atoms with Crippen molar-refractivity contribution in [2.75, 3.05) is 4.90 Å². The van der Waals surface area contributed by atoms with E-state index in [1.54, 1.807) is 47.3 Å². The Morgan fingerprint density at radius 1 is 1.04 bits per heavy atom. The van der Waals surface area contributed by atoms with Gasteiger partial charge in [-0.25, -0.2) is 9.69 Å². The molecule has 6 nitrogen and oxygen atoms in total. The first kappa shape index (κ1) is 14.8. The maximum absolute atomic E-state index is 12.6. The summed E-state index contributed by atoms with van der Waals surface area (Å²) in [6.45, 7) is 1.91. The van der Waals surface area contributed by atoms with Crippen molar-refractivity contribution in [2.24, 2.45) is 7.05 Å². The van der Waals surface area contributed by atoms with E-state index >= 15 is 0 Å². The first-order valence-electron chi connectivity index (χ1n) is 7.06. The minimum absolute atomic E-state index is 0.0728. The first-order chi connectivity index (χ1) is 11.0. The summed E-state index contributed by atoms with van der Waals surface area (Å²) in [5.74, 6) is -1.32. The zero-order valence-corrected chi connectivity index (χ0v) is 12.7. The van der Waals surface area contributed by atoms with Crippen LogP contribution in [-0.2, 0) is 16.6 Å². The van der Waals surface area contributed by atoms with Crippen molar-refractivity contribution in [2.45, 2.75) is 6.92 Å². The highest BCUT2D eigenvalue weighted by Crippen LogP contribution is 2.22. The number of rotatable bonds is 2. The molecule has 6 heteroatoms. The lowest BCUT2D eigenvalue weighted by Gasteiger charge is -2.26. The van der Waals surface area contributed by atoms with Gasteiger partial charge >= 0.3 is 6.03 Å². The molecule has 23 heavy (non-hydrogen) atoms. The number of amides is 4. The minimum atomic E-state index is -0.742. The summed E-state index contributed by atoms with van der Waals surface area (Å²) in [7, 11) is 1.84. The van der Waals surface area contributed by atoms with Crippen molar-refractivity contribution in [1.29, 1.82) is 0 Å². The number of carbonyl (C=O) groups is 3. The number of hydrogen-bond donors (Lipinski definition) is 1. The molecule has 116 valence electrons.